The van der Waals surface area contributed by atoms with Gasteiger partial charge < -0.3 is 8.92 Å². The zero-order valence-corrected chi connectivity index (χ0v) is 11.1. The van der Waals surface area contributed by atoms with Crippen LogP contribution in [0, 0.1) is 6.92 Å². The Labute approximate surface area is 111 Å². The van der Waals surface area contributed by atoms with Crippen LogP contribution in [0.5, 0.6) is 0 Å². The molecule has 0 fully saturated rings. The van der Waals surface area contributed by atoms with Crippen LogP contribution in [0.1, 0.15) is 17.1 Å². The van der Waals surface area contributed by atoms with E-state index in [1.165, 1.54) is 0 Å². The van der Waals surface area contributed by atoms with Crippen molar-refractivity contribution in [3.63, 3.8) is 0 Å². The summed E-state index contributed by atoms with van der Waals surface area (Å²) in [5, 5.41) is 3.90. The summed E-state index contributed by atoms with van der Waals surface area (Å²) >= 11 is 0. The van der Waals surface area contributed by atoms with Gasteiger partial charge in [-0.1, -0.05) is 11.2 Å². The second-order valence-corrected chi connectivity index (χ2v) is 4.79. The van der Waals surface area contributed by atoms with Crippen molar-refractivity contribution >= 4 is 5.65 Å². The summed E-state index contributed by atoms with van der Waals surface area (Å²) in [6.45, 7) is 3.48. The molecule has 5 nitrogen and oxygen atoms in total. The van der Waals surface area contributed by atoms with Gasteiger partial charge >= 0.3 is 0 Å². The van der Waals surface area contributed by atoms with E-state index < -0.39 is 0 Å². The second-order valence-electron chi connectivity index (χ2n) is 4.79. The van der Waals surface area contributed by atoms with Gasteiger partial charge in [-0.15, -0.1) is 0 Å². The third-order valence-electron chi connectivity index (χ3n) is 3.03. The molecule has 3 rings (SSSR count). The summed E-state index contributed by atoms with van der Waals surface area (Å²) in [6.07, 6.45) is 3.95. The number of nitrogens with zero attached hydrogens (tertiary/aromatic N) is 4. The molecule has 0 saturated heterocycles. The lowest BCUT2D eigenvalue weighted by atomic mass is 10.3. The Hall–Kier alpha value is -2.14. The standard InChI is InChI=1S/C14H16N4O/c1-11-7-13(19-16-11)10-17(2)9-12-8-15-14-5-3-4-6-18(12)14/h3-8H,9-10H2,1-2H3. The lowest BCUT2D eigenvalue weighted by Crippen LogP contribution is -2.17. The van der Waals surface area contributed by atoms with Gasteiger partial charge in [-0.05, 0) is 26.1 Å². The molecule has 0 bridgehead atoms. The van der Waals surface area contributed by atoms with Crippen LogP contribution in [-0.2, 0) is 13.1 Å². The molecule has 5 heteroatoms. The number of rotatable bonds is 4. The first-order valence-corrected chi connectivity index (χ1v) is 6.24. The quantitative estimate of drug-likeness (QED) is 0.718. The minimum absolute atomic E-state index is 0.737. The second kappa shape index (κ2) is 4.85. The zero-order chi connectivity index (χ0) is 13.2. The molecular weight excluding hydrogens is 240 g/mol. The molecule has 0 atom stereocenters. The first-order chi connectivity index (χ1) is 9.22. The average Bonchev–Trinajstić information content (AvgIpc) is 2.97. The molecule has 0 N–H and O–H groups in total. The van der Waals surface area contributed by atoms with Crippen molar-refractivity contribution in [3.8, 4) is 0 Å². The minimum Gasteiger partial charge on any atom is -0.360 e. The number of aryl methyl sites for hydroxylation is 1. The van der Waals surface area contributed by atoms with Crippen molar-refractivity contribution < 1.29 is 4.52 Å². The van der Waals surface area contributed by atoms with E-state index >= 15 is 0 Å². The highest BCUT2D eigenvalue weighted by molar-refractivity contribution is 5.39. The van der Waals surface area contributed by atoms with Crippen LogP contribution in [0.4, 0.5) is 0 Å². The molecule has 19 heavy (non-hydrogen) atoms. The topological polar surface area (TPSA) is 46.6 Å². The Kier molecular flexibility index (Phi) is 3.05. The normalized spacial score (nSPS) is 11.5. The molecule has 0 amide bonds. The van der Waals surface area contributed by atoms with E-state index in [4.69, 9.17) is 4.52 Å². The van der Waals surface area contributed by atoms with E-state index in [2.05, 4.69) is 26.5 Å². The summed E-state index contributed by atoms with van der Waals surface area (Å²) in [6, 6.07) is 7.97. The van der Waals surface area contributed by atoms with E-state index in [1.807, 2.05) is 43.6 Å². The van der Waals surface area contributed by atoms with Crippen molar-refractivity contribution in [3.05, 3.63) is 53.8 Å². The van der Waals surface area contributed by atoms with Crippen LogP contribution in [-0.4, -0.2) is 26.5 Å². The van der Waals surface area contributed by atoms with E-state index in [0.29, 0.717) is 0 Å². The van der Waals surface area contributed by atoms with E-state index in [9.17, 15) is 0 Å². The predicted molar refractivity (Wildman–Crippen MR) is 71.6 cm³/mol. The van der Waals surface area contributed by atoms with Gasteiger partial charge in [-0.3, -0.25) is 4.90 Å². The molecule has 0 saturated carbocycles. The number of fused-ring (bicyclic) bond motifs is 1. The molecule has 0 radical (unpaired) electrons. The molecule has 3 aromatic rings. The summed E-state index contributed by atoms with van der Waals surface area (Å²) < 4.78 is 7.33. The lowest BCUT2D eigenvalue weighted by Gasteiger charge is -2.14. The van der Waals surface area contributed by atoms with Crippen molar-refractivity contribution in [2.75, 3.05) is 7.05 Å². The average molecular weight is 256 g/mol. The van der Waals surface area contributed by atoms with Crippen molar-refractivity contribution in [2.45, 2.75) is 20.0 Å². The molecule has 0 spiro atoms. The van der Waals surface area contributed by atoms with Crippen LogP contribution in [0.15, 0.2) is 41.2 Å². The van der Waals surface area contributed by atoms with Gasteiger partial charge in [0.15, 0.2) is 5.76 Å². The highest BCUT2D eigenvalue weighted by atomic mass is 16.5. The van der Waals surface area contributed by atoms with Gasteiger partial charge in [-0.2, -0.15) is 0 Å². The Bertz CT molecular complexity index is 685. The molecule has 0 aliphatic heterocycles. The Morgan fingerprint density at radius 1 is 1.32 bits per heavy atom. The van der Waals surface area contributed by atoms with E-state index in [0.717, 1.165) is 35.9 Å². The maximum absolute atomic E-state index is 5.23. The van der Waals surface area contributed by atoms with Crippen LogP contribution >= 0.6 is 0 Å². The van der Waals surface area contributed by atoms with Crippen molar-refractivity contribution in [2.24, 2.45) is 0 Å². The molecule has 0 aromatic carbocycles. The van der Waals surface area contributed by atoms with Gasteiger partial charge in [0, 0.05) is 18.8 Å². The maximum atomic E-state index is 5.23. The Balaban J connectivity index is 1.74. The molecular formula is C14H16N4O. The van der Waals surface area contributed by atoms with Crippen molar-refractivity contribution in [1.29, 1.82) is 0 Å². The zero-order valence-electron chi connectivity index (χ0n) is 11.1. The monoisotopic (exact) mass is 256 g/mol. The van der Waals surface area contributed by atoms with Crippen molar-refractivity contribution in [1.82, 2.24) is 19.4 Å². The van der Waals surface area contributed by atoms with Gasteiger partial charge in [0.1, 0.15) is 5.65 Å². The molecule has 0 aliphatic carbocycles. The fourth-order valence-electron chi connectivity index (χ4n) is 2.19. The third-order valence-corrected chi connectivity index (χ3v) is 3.03. The Morgan fingerprint density at radius 3 is 3.00 bits per heavy atom. The predicted octanol–water partition coefficient (Wildman–Crippen LogP) is 2.26. The van der Waals surface area contributed by atoms with Crippen LogP contribution < -0.4 is 0 Å². The summed E-state index contributed by atoms with van der Waals surface area (Å²) in [7, 11) is 2.06. The highest BCUT2D eigenvalue weighted by Crippen LogP contribution is 2.11. The van der Waals surface area contributed by atoms with Gasteiger partial charge in [0.05, 0.1) is 24.1 Å². The summed E-state index contributed by atoms with van der Waals surface area (Å²) in [4.78, 5) is 6.56. The molecule has 0 unspecified atom stereocenters. The van der Waals surface area contributed by atoms with Gasteiger partial charge in [0.2, 0.25) is 0 Å². The third kappa shape index (κ3) is 2.51. The molecule has 3 heterocycles. The molecule has 0 aliphatic rings. The van der Waals surface area contributed by atoms with Crippen LogP contribution in [0.2, 0.25) is 0 Å². The van der Waals surface area contributed by atoms with Gasteiger partial charge in [0.25, 0.3) is 0 Å². The first-order valence-electron chi connectivity index (χ1n) is 6.24. The summed E-state index contributed by atoms with van der Waals surface area (Å²) in [5.41, 5.74) is 3.05. The van der Waals surface area contributed by atoms with E-state index in [-0.39, 0.29) is 0 Å². The first kappa shape index (κ1) is 11.9. The number of hydrogen-bond donors (Lipinski definition) is 0. The van der Waals surface area contributed by atoms with Gasteiger partial charge in [-0.25, -0.2) is 4.98 Å². The number of imidazole rings is 1. The fourth-order valence-corrected chi connectivity index (χ4v) is 2.19. The molecule has 3 aromatic heterocycles. The smallest absolute Gasteiger partial charge is 0.150 e. The van der Waals surface area contributed by atoms with Crippen LogP contribution in [0.3, 0.4) is 0 Å². The minimum atomic E-state index is 0.737. The molecule has 98 valence electrons. The number of aromatic nitrogens is 3. The maximum Gasteiger partial charge on any atom is 0.150 e. The Morgan fingerprint density at radius 2 is 2.21 bits per heavy atom. The highest BCUT2D eigenvalue weighted by Gasteiger charge is 2.09. The number of pyridine rings is 1. The fraction of sp³-hybridized carbons (Fsp3) is 0.286. The van der Waals surface area contributed by atoms with Crippen LogP contribution in [0.25, 0.3) is 5.65 Å². The number of hydrogen-bond acceptors (Lipinski definition) is 4. The summed E-state index contributed by atoms with van der Waals surface area (Å²) in [5.74, 6) is 0.883. The lowest BCUT2D eigenvalue weighted by molar-refractivity contribution is 0.263. The SMILES string of the molecule is Cc1cc(CN(C)Cc2cnc3ccccn23)on1. The largest absolute Gasteiger partial charge is 0.360 e. The van der Waals surface area contributed by atoms with E-state index in [1.54, 1.807) is 0 Å².